The lowest BCUT2D eigenvalue weighted by molar-refractivity contribution is -0.137. The van der Waals surface area contributed by atoms with Crippen LogP contribution in [0.1, 0.15) is 38.8 Å². The van der Waals surface area contributed by atoms with E-state index in [1.807, 2.05) is 43.0 Å². The number of carbonyl (C=O) groups is 2. The average molecular weight is 396 g/mol. The minimum atomic E-state index is -0.510. The number of imide groups is 1. The first-order chi connectivity index (χ1) is 13.7. The zero-order chi connectivity index (χ0) is 21.0. The van der Waals surface area contributed by atoms with Gasteiger partial charge in [0, 0.05) is 25.0 Å². The van der Waals surface area contributed by atoms with Crippen LogP contribution in [0.5, 0.6) is 0 Å². The normalized spacial score (nSPS) is 24.0. The van der Waals surface area contributed by atoms with E-state index in [-0.39, 0.29) is 18.5 Å². The Morgan fingerprint density at radius 1 is 1.03 bits per heavy atom. The lowest BCUT2D eigenvalue weighted by atomic mass is 10.1. The predicted octanol–water partition coefficient (Wildman–Crippen LogP) is 2.98. The van der Waals surface area contributed by atoms with E-state index in [9.17, 15) is 9.59 Å². The number of allylic oxidation sites excluding steroid dienone is 2. The van der Waals surface area contributed by atoms with Crippen LogP contribution in [0.25, 0.3) is 0 Å². The van der Waals surface area contributed by atoms with Crippen molar-refractivity contribution in [3.8, 4) is 0 Å². The van der Waals surface area contributed by atoms with E-state index in [1.165, 1.54) is 4.90 Å². The molecule has 3 amide bonds. The summed E-state index contributed by atoms with van der Waals surface area (Å²) in [5, 5.41) is 0. The van der Waals surface area contributed by atoms with Gasteiger partial charge in [-0.1, -0.05) is 38.1 Å². The molecule has 1 fully saturated rings. The number of amides is 3. The molecule has 1 aromatic carbocycles. The van der Waals surface area contributed by atoms with Crippen LogP contribution in [0.15, 0.2) is 40.7 Å². The average Bonchev–Trinajstić information content (AvgIpc) is 3.17. The molecule has 4 rings (SSSR count). The molecule has 3 aliphatic heterocycles. The number of hydrogen-bond donors (Lipinski definition) is 0. The number of urea groups is 1. The summed E-state index contributed by atoms with van der Waals surface area (Å²) in [6, 6.07) is 7.06. The lowest BCUT2D eigenvalue weighted by Gasteiger charge is -2.41. The molecule has 0 spiro atoms. The maximum atomic E-state index is 13.5. The summed E-state index contributed by atoms with van der Waals surface area (Å²) in [4.78, 5) is 38.6. The molecule has 0 aliphatic carbocycles. The monoisotopic (exact) mass is 395 g/mol. The number of guanidine groups is 1. The standard InChI is InChI=1S/C22H29N5O2/c1-13(2)11-25-15(4)16(5)27-18-19(23-21(25)27)24(6)22(29)26(20(18)28)12-17-10-8-7-9-14(17)3/h7-10,13,18-19H,11-12H2,1-6H3. The summed E-state index contributed by atoms with van der Waals surface area (Å²) in [7, 11) is 1.74. The second kappa shape index (κ2) is 6.90. The highest BCUT2D eigenvalue weighted by Gasteiger charge is 2.55. The third-order valence-electron chi connectivity index (χ3n) is 6.14. The van der Waals surface area contributed by atoms with Crippen LogP contribution in [0, 0.1) is 12.8 Å². The van der Waals surface area contributed by atoms with Gasteiger partial charge in [-0.15, -0.1) is 0 Å². The molecule has 7 heteroatoms. The Labute approximate surface area is 172 Å². The Morgan fingerprint density at radius 2 is 1.72 bits per heavy atom. The fraction of sp³-hybridized carbons (Fsp3) is 0.500. The highest BCUT2D eigenvalue weighted by molar-refractivity contribution is 6.05. The first-order valence-electron chi connectivity index (χ1n) is 10.2. The lowest BCUT2D eigenvalue weighted by Crippen LogP contribution is -2.64. The van der Waals surface area contributed by atoms with Gasteiger partial charge in [0.05, 0.1) is 6.54 Å². The van der Waals surface area contributed by atoms with E-state index in [4.69, 9.17) is 4.99 Å². The Kier molecular flexibility index (Phi) is 4.63. The molecule has 3 heterocycles. The van der Waals surface area contributed by atoms with Gasteiger partial charge in [-0.3, -0.25) is 14.6 Å². The second-order valence-electron chi connectivity index (χ2n) is 8.58. The highest BCUT2D eigenvalue weighted by Crippen LogP contribution is 2.38. The van der Waals surface area contributed by atoms with Gasteiger partial charge in [0.25, 0.3) is 5.91 Å². The van der Waals surface area contributed by atoms with E-state index >= 15 is 0 Å². The van der Waals surface area contributed by atoms with Crippen molar-refractivity contribution in [1.82, 2.24) is 19.6 Å². The maximum absolute atomic E-state index is 13.5. The number of hydrogen-bond acceptors (Lipinski definition) is 5. The smallest absolute Gasteiger partial charge is 0.314 e. The van der Waals surface area contributed by atoms with Crippen LogP contribution in [0.3, 0.4) is 0 Å². The molecule has 2 unspecified atom stereocenters. The van der Waals surface area contributed by atoms with Crippen LogP contribution in [0.4, 0.5) is 4.79 Å². The quantitative estimate of drug-likeness (QED) is 0.786. The fourth-order valence-electron chi connectivity index (χ4n) is 4.37. The predicted molar refractivity (Wildman–Crippen MR) is 112 cm³/mol. The molecule has 7 nitrogen and oxygen atoms in total. The minimum absolute atomic E-state index is 0.182. The molecule has 3 aliphatic rings. The van der Waals surface area contributed by atoms with Crippen LogP contribution < -0.4 is 0 Å². The molecule has 154 valence electrons. The zero-order valence-electron chi connectivity index (χ0n) is 18.0. The molecular weight excluding hydrogens is 366 g/mol. The summed E-state index contributed by atoms with van der Waals surface area (Å²) in [5.74, 6) is 1.06. The Hall–Kier alpha value is -2.83. The van der Waals surface area contributed by atoms with E-state index < -0.39 is 12.2 Å². The maximum Gasteiger partial charge on any atom is 0.328 e. The Bertz CT molecular complexity index is 935. The third kappa shape index (κ3) is 2.91. The van der Waals surface area contributed by atoms with Crippen molar-refractivity contribution in [1.29, 1.82) is 0 Å². The van der Waals surface area contributed by atoms with Crippen LogP contribution >= 0.6 is 0 Å². The van der Waals surface area contributed by atoms with E-state index in [2.05, 4.69) is 25.7 Å². The Balaban J connectivity index is 1.68. The first kappa shape index (κ1) is 19.5. The topological polar surface area (TPSA) is 59.5 Å². The van der Waals surface area contributed by atoms with Gasteiger partial charge in [-0.25, -0.2) is 9.79 Å². The second-order valence-corrected chi connectivity index (χ2v) is 8.58. The number of fused-ring (bicyclic) bond motifs is 3. The summed E-state index contributed by atoms with van der Waals surface area (Å²) >= 11 is 0. The molecular formula is C22H29N5O2. The van der Waals surface area contributed by atoms with Crippen molar-refractivity contribution in [3.05, 3.63) is 46.8 Å². The number of rotatable bonds is 4. The van der Waals surface area contributed by atoms with Crippen molar-refractivity contribution in [2.45, 2.75) is 53.4 Å². The van der Waals surface area contributed by atoms with Gasteiger partial charge in [-0.2, -0.15) is 0 Å². The molecule has 2 atom stereocenters. The van der Waals surface area contributed by atoms with Crippen molar-refractivity contribution in [3.63, 3.8) is 0 Å². The summed E-state index contributed by atoms with van der Waals surface area (Å²) < 4.78 is 0. The van der Waals surface area contributed by atoms with Crippen LogP contribution in [-0.4, -0.2) is 63.3 Å². The van der Waals surface area contributed by atoms with Gasteiger partial charge in [0.15, 0.2) is 12.2 Å². The van der Waals surface area contributed by atoms with Gasteiger partial charge >= 0.3 is 6.03 Å². The minimum Gasteiger partial charge on any atom is -0.314 e. The molecule has 0 aromatic heterocycles. The first-order valence-corrected chi connectivity index (χ1v) is 10.2. The largest absolute Gasteiger partial charge is 0.328 e. The van der Waals surface area contributed by atoms with Gasteiger partial charge in [0.1, 0.15) is 0 Å². The van der Waals surface area contributed by atoms with Gasteiger partial charge in [0.2, 0.25) is 5.96 Å². The summed E-state index contributed by atoms with van der Waals surface area (Å²) in [5.41, 5.74) is 4.20. The molecule has 0 radical (unpaired) electrons. The fourth-order valence-corrected chi connectivity index (χ4v) is 4.37. The Morgan fingerprint density at radius 3 is 2.38 bits per heavy atom. The zero-order valence-corrected chi connectivity index (χ0v) is 18.0. The number of aliphatic imine (C=N–C) groups is 1. The molecule has 29 heavy (non-hydrogen) atoms. The van der Waals surface area contributed by atoms with Crippen LogP contribution in [0.2, 0.25) is 0 Å². The molecule has 1 aromatic rings. The van der Waals surface area contributed by atoms with Gasteiger partial charge in [-0.05, 0) is 37.8 Å². The van der Waals surface area contributed by atoms with Crippen molar-refractivity contribution in [2.24, 2.45) is 10.9 Å². The van der Waals surface area contributed by atoms with E-state index in [1.54, 1.807) is 11.9 Å². The van der Waals surface area contributed by atoms with Crippen molar-refractivity contribution in [2.75, 3.05) is 13.6 Å². The van der Waals surface area contributed by atoms with Crippen molar-refractivity contribution >= 4 is 17.9 Å². The van der Waals surface area contributed by atoms with Crippen LogP contribution in [-0.2, 0) is 11.3 Å². The van der Waals surface area contributed by atoms with E-state index in [0.29, 0.717) is 5.92 Å². The molecule has 0 saturated carbocycles. The number of benzene rings is 1. The third-order valence-corrected chi connectivity index (χ3v) is 6.14. The summed E-state index contributed by atoms with van der Waals surface area (Å²) in [6.45, 7) is 11.5. The summed E-state index contributed by atoms with van der Waals surface area (Å²) in [6.07, 6.45) is -0.490. The number of likely N-dealkylation sites (N-methyl/N-ethyl adjacent to an activating group) is 1. The number of carbonyl (C=O) groups excluding carboxylic acids is 2. The molecule has 0 N–H and O–H groups in total. The highest BCUT2D eigenvalue weighted by atomic mass is 16.2. The van der Waals surface area contributed by atoms with Crippen molar-refractivity contribution < 1.29 is 9.59 Å². The SMILES string of the molecule is CC1=C(C)N2C(=NC3C2C(=O)N(Cc2ccccc2C)C(=O)N3C)N1CC(C)C. The van der Waals surface area contributed by atoms with E-state index in [0.717, 1.165) is 35.0 Å². The number of nitrogens with zero attached hydrogens (tertiary/aromatic N) is 5. The molecule has 1 saturated heterocycles. The molecule has 0 bridgehead atoms. The number of aryl methyl sites for hydroxylation is 1. The van der Waals surface area contributed by atoms with Gasteiger partial charge < -0.3 is 9.80 Å².